The number of aliphatic imine (C=N–C) groups is 1. The number of hydrogen-bond acceptors (Lipinski definition) is 6. The third-order valence-corrected chi connectivity index (χ3v) is 5.68. The van der Waals surface area contributed by atoms with Gasteiger partial charge in [-0.25, -0.2) is 0 Å². The van der Waals surface area contributed by atoms with Crippen molar-refractivity contribution in [3.63, 3.8) is 0 Å². The predicted octanol–water partition coefficient (Wildman–Crippen LogP) is 4.15. The van der Waals surface area contributed by atoms with E-state index in [0.29, 0.717) is 35.7 Å². The number of piperidine rings is 1. The molecule has 0 amide bonds. The molecular weight excluding hydrogens is 380 g/mol. The maximum absolute atomic E-state index is 10.4. The number of benzene rings is 2. The number of aromatic hydroxyl groups is 1. The zero-order valence-electron chi connectivity index (χ0n) is 18.0. The van der Waals surface area contributed by atoms with E-state index in [-0.39, 0.29) is 12.4 Å². The molecule has 1 saturated heterocycles. The van der Waals surface area contributed by atoms with Crippen LogP contribution in [0.4, 0.5) is 5.69 Å². The molecule has 30 heavy (non-hydrogen) atoms. The molecular formula is C24H32N2O4. The van der Waals surface area contributed by atoms with Crippen LogP contribution in [0.5, 0.6) is 17.2 Å². The zero-order chi connectivity index (χ0) is 21.5. The van der Waals surface area contributed by atoms with Gasteiger partial charge in [0.05, 0.1) is 12.8 Å². The Labute approximate surface area is 178 Å². The van der Waals surface area contributed by atoms with Crippen LogP contribution < -0.4 is 9.47 Å². The number of hydrogen-bond donors (Lipinski definition) is 2. The van der Waals surface area contributed by atoms with Crippen molar-refractivity contribution >= 4 is 11.9 Å². The van der Waals surface area contributed by atoms with Gasteiger partial charge in [-0.1, -0.05) is 12.5 Å². The Morgan fingerprint density at radius 2 is 1.83 bits per heavy atom. The van der Waals surface area contributed by atoms with Gasteiger partial charge in [0.1, 0.15) is 18.5 Å². The summed E-state index contributed by atoms with van der Waals surface area (Å²) in [6, 6.07) is 13.6. The van der Waals surface area contributed by atoms with Gasteiger partial charge >= 0.3 is 0 Å². The number of rotatable bonds is 8. The molecule has 0 unspecified atom stereocenters. The summed E-state index contributed by atoms with van der Waals surface area (Å²) in [5, 5.41) is 20.5. The Balaban J connectivity index is 1.52. The van der Waals surface area contributed by atoms with E-state index in [1.165, 1.54) is 26.4 Å². The maximum atomic E-state index is 10.4. The average molecular weight is 413 g/mol. The maximum Gasteiger partial charge on any atom is 0.166 e. The largest absolute Gasteiger partial charge is 0.504 e. The molecule has 0 radical (unpaired) electrons. The summed E-state index contributed by atoms with van der Waals surface area (Å²) in [6.45, 7) is 5.35. The van der Waals surface area contributed by atoms with Crippen LogP contribution in [0.25, 0.3) is 0 Å². The fraction of sp³-hybridized carbons (Fsp3) is 0.458. The van der Waals surface area contributed by atoms with Crippen molar-refractivity contribution < 1.29 is 19.7 Å². The van der Waals surface area contributed by atoms with Crippen LogP contribution in [0, 0.1) is 0 Å². The van der Waals surface area contributed by atoms with E-state index in [4.69, 9.17) is 9.47 Å². The molecule has 1 heterocycles. The second-order valence-electron chi connectivity index (χ2n) is 7.94. The monoisotopic (exact) mass is 412 g/mol. The second-order valence-corrected chi connectivity index (χ2v) is 7.94. The molecule has 3 atom stereocenters. The fourth-order valence-electron chi connectivity index (χ4n) is 3.90. The minimum atomic E-state index is -0.526. The van der Waals surface area contributed by atoms with Crippen LogP contribution >= 0.6 is 0 Å². The number of phenols is 1. The van der Waals surface area contributed by atoms with Gasteiger partial charge in [-0.3, -0.25) is 9.89 Å². The highest BCUT2D eigenvalue weighted by molar-refractivity contribution is 5.86. The predicted molar refractivity (Wildman–Crippen MR) is 119 cm³/mol. The number of aliphatic hydroxyl groups is 1. The van der Waals surface area contributed by atoms with Gasteiger partial charge in [0.2, 0.25) is 0 Å². The first-order valence-electron chi connectivity index (χ1n) is 10.5. The Morgan fingerprint density at radius 1 is 1.13 bits per heavy atom. The number of ether oxygens (including phenoxy) is 2. The highest BCUT2D eigenvalue weighted by Crippen LogP contribution is 2.29. The van der Waals surface area contributed by atoms with Crippen LogP contribution in [-0.2, 0) is 0 Å². The minimum Gasteiger partial charge on any atom is -0.504 e. The molecule has 2 aromatic rings. The molecule has 2 aromatic carbocycles. The molecule has 1 aliphatic heterocycles. The van der Waals surface area contributed by atoms with Gasteiger partial charge in [-0.15, -0.1) is 0 Å². The minimum absolute atomic E-state index is 0.0648. The lowest BCUT2D eigenvalue weighted by atomic mass is 9.97. The molecule has 0 spiro atoms. The van der Waals surface area contributed by atoms with Crippen molar-refractivity contribution in [1.29, 1.82) is 0 Å². The van der Waals surface area contributed by atoms with Crippen LogP contribution in [-0.4, -0.2) is 59.8 Å². The summed E-state index contributed by atoms with van der Waals surface area (Å²) in [5.74, 6) is 1.17. The van der Waals surface area contributed by atoms with E-state index in [2.05, 4.69) is 23.7 Å². The van der Waals surface area contributed by atoms with Gasteiger partial charge in [0, 0.05) is 30.4 Å². The number of phenolic OH excluding ortho intramolecular Hbond substituents is 1. The average Bonchev–Trinajstić information content (AvgIpc) is 2.75. The van der Waals surface area contributed by atoms with Crippen molar-refractivity contribution in [3.8, 4) is 17.2 Å². The van der Waals surface area contributed by atoms with Gasteiger partial charge in [0.15, 0.2) is 11.5 Å². The first kappa shape index (κ1) is 22.1. The van der Waals surface area contributed by atoms with Crippen molar-refractivity contribution in [2.45, 2.75) is 51.3 Å². The van der Waals surface area contributed by atoms with E-state index in [9.17, 15) is 10.2 Å². The van der Waals surface area contributed by atoms with Crippen LogP contribution in [0.3, 0.4) is 0 Å². The van der Waals surface area contributed by atoms with Gasteiger partial charge in [-0.2, -0.15) is 0 Å². The number of methoxy groups -OCH3 is 1. The lowest BCUT2D eigenvalue weighted by Gasteiger charge is -2.40. The first-order valence-corrected chi connectivity index (χ1v) is 10.5. The zero-order valence-corrected chi connectivity index (χ0v) is 18.0. The number of aliphatic hydroxyl groups excluding tert-OH is 1. The first-order chi connectivity index (χ1) is 14.5. The molecule has 0 bridgehead atoms. The van der Waals surface area contributed by atoms with E-state index in [1.807, 2.05) is 24.3 Å². The standard InChI is InChI=1S/C24H32N2O4/c1-17-6-4-7-18(2)26(17)15-21(27)16-30-22-12-10-20(11-13-22)25-14-19-8-5-9-23(29-3)24(19)28/h5,8-14,17-18,21,27-28H,4,6-7,15-16H2,1-3H3/t17-,18-,21+/m0/s1. The molecule has 6 heteroatoms. The lowest BCUT2D eigenvalue weighted by molar-refractivity contribution is 0.0209. The van der Waals surface area contributed by atoms with Crippen molar-refractivity contribution in [2.24, 2.45) is 4.99 Å². The summed E-state index contributed by atoms with van der Waals surface area (Å²) < 4.78 is 10.9. The van der Waals surface area contributed by atoms with Crippen LogP contribution in [0.1, 0.15) is 38.7 Å². The van der Waals surface area contributed by atoms with Crippen LogP contribution in [0.15, 0.2) is 47.5 Å². The Bertz CT molecular complexity index is 828. The Hall–Kier alpha value is -2.57. The van der Waals surface area contributed by atoms with E-state index in [0.717, 1.165) is 5.69 Å². The van der Waals surface area contributed by atoms with E-state index < -0.39 is 6.10 Å². The molecule has 0 aromatic heterocycles. The lowest BCUT2D eigenvalue weighted by Crippen LogP contribution is -2.48. The van der Waals surface area contributed by atoms with E-state index >= 15 is 0 Å². The number of nitrogens with zero attached hydrogens (tertiary/aromatic N) is 2. The molecule has 162 valence electrons. The second kappa shape index (κ2) is 10.5. The number of para-hydroxylation sites is 1. The van der Waals surface area contributed by atoms with Crippen LogP contribution in [0.2, 0.25) is 0 Å². The fourth-order valence-corrected chi connectivity index (χ4v) is 3.90. The third-order valence-electron chi connectivity index (χ3n) is 5.68. The molecule has 0 saturated carbocycles. The Morgan fingerprint density at radius 3 is 2.50 bits per heavy atom. The Kier molecular flexibility index (Phi) is 7.71. The quantitative estimate of drug-likeness (QED) is 0.637. The molecule has 3 rings (SSSR count). The van der Waals surface area contributed by atoms with Gasteiger partial charge < -0.3 is 19.7 Å². The van der Waals surface area contributed by atoms with E-state index in [1.54, 1.807) is 24.4 Å². The highest BCUT2D eigenvalue weighted by atomic mass is 16.5. The normalized spacial score (nSPS) is 20.9. The molecule has 1 fully saturated rings. The van der Waals surface area contributed by atoms with Crippen molar-refractivity contribution in [2.75, 3.05) is 20.3 Å². The molecule has 2 N–H and O–H groups in total. The summed E-state index contributed by atoms with van der Waals surface area (Å²) in [5.41, 5.74) is 1.32. The molecule has 1 aliphatic rings. The van der Waals surface area contributed by atoms with Crippen molar-refractivity contribution in [3.05, 3.63) is 48.0 Å². The highest BCUT2D eigenvalue weighted by Gasteiger charge is 2.26. The smallest absolute Gasteiger partial charge is 0.166 e. The number of β-amino-alcohol motifs (C(OH)–C–C–N with tert-alkyl or cyclic N) is 1. The SMILES string of the molecule is COc1cccc(C=Nc2ccc(OC[C@H](O)CN3[C@@H](C)CCC[C@@H]3C)cc2)c1O. The summed E-state index contributed by atoms with van der Waals surface area (Å²) in [7, 11) is 1.51. The molecule has 6 nitrogen and oxygen atoms in total. The van der Waals surface area contributed by atoms with Crippen molar-refractivity contribution in [1.82, 2.24) is 4.90 Å². The summed E-state index contributed by atoms with van der Waals surface area (Å²) in [4.78, 5) is 6.77. The summed E-state index contributed by atoms with van der Waals surface area (Å²) in [6.07, 6.45) is 4.71. The van der Waals surface area contributed by atoms with Gasteiger partial charge in [0.25, 0.3) is 0 Å². The van der Waals surface area contributed by atoms with Gasteiger partial charge in [-0.05, 0) is 63.1 Å². The third kappa shape index (κ3) is 5.74. The summed E-state index contributed by atoms with van der Waals surface area (Å²) >= 11 is 0. The number of likely N-dealkylation sites (tertiary alicyclic amines) is 1. The topological polar surface area (TPSA) is 74.5 Å². The molecule has 0 aliphatic carbocycles.